The fourth-order valence-corrected chi connectivity index (χ4v) is 5.13. The van der Waals surface area contributed by atoms with E-state index in [9.17, 15) is 26.0 Å². The first kappa shape index (κ1) is 32.0. The normalized spacial score (nSPS) is 12.6. The van der Waals surface area contributed by atoms with Crippen LogP contribution < -0.4 is 14.8 Å². The van der Waals surface area contributed by atoms with Gasteiger partial charge in [0.15, 0.2) is 5.82 Å². The molecule has 2 aromatic heterocycles. The highest BCUT2D eigenvalue weighted by Gasteiger charge is 2.30. The summed E-state index contributed by atoms with van der Waals surface area (Å²) in [6.07, 6.45) is 4.54. The van der Waals surface area contributed by atoms with Gasteiger partial charge in [0.1, 0.15) is 5.75 Å². The van der Waals surface area contributed by atoms with Gasteiger partial charge in [-0.15, -0.1) is 0 Å². The molecule has 0 saturated carbocycles. The molecule has 0 bridgehead atoms. The zero-order valence-corrected chi connectivity index (χ0v) is 23.9. The lowest BCUT2D eigenvalue weighted by Crippen LogP contribution is -2.22. The molecule has 0 saturated heterocycles. The Hall–Kier alpha value is -3.48. The van der Waals surface area contributed by atoms with Crippen LogP contribution in [0.4, 0.5) is 29.2 Å². The van der Waals surface area contributed by atoms with Crippen molar-refractivity contribution >= 4 is 21.7 Å². The third-order valence-corrected chi connectivity index (χ3v) is 7.45. The Bertz CT molecular complexity index is 1370. The first-order valence-electron chi connectivity index (χ1n) is 13.6. The molecule has 1 aromatic carbocycles. The number of pyridine rings is 1. The number of hydrogen-bond donors (Lipinski definition) is 2. The van der Waals surface area contributed by atoms with Crippen molar-refractivity contribution in [2.45, 2.75) is 77.4 Å². The summed E-state index contributed by atoms with van der Waals surface area (Å²) in [5.41, 5.74) is 0.554. The van der Waals surface area contributed by atoms with E-state index < -0.39 is 39.9 Å². The van der Waals surface area contributed by atoms with Crippen LogP contribution in [0.2, 0.25) is 0 Å². The predicted octanol–water partition coefficient (Wildman–Crippen LogP) is 7.72. The lowest BCUT2D eigenvalue weighted by Gasteiger charge is -2.19. The van der Waals surface area contributed by atoms with Gasteiger partial charge in [-0.1, -0.05) is 46.0 Å². The van der Waals surface area contributed by atoms with Crippen LogP contribution >= 0.6 is 0 Å². The molecular weight excluding hydrogens is 562 g/mol. The zero-order chi connectivity index (χ0) is 29.9. The molecule has 224 valence electrons. The van der Waals surface area contributed by atoms with E-state index in [4.69, 9.17) is 4.74 Å². The van der Waals surface area contributed by atoms with E-state index in [0.29, 0.717) is 17.2 Å². The molecule has 0 amide bonds. The minimum Gasteiger partial charge on any atom is -0.438 e. The lowest BCUT2D eigenvalue weighted by molar-refractivity contribution is -0.129. The molecule has 2 heterocycles. The summed E-state index contributed by atoms with van der Waals surface area (Å²) in [6.45, 7) is 4.32. The van der Waals surface area contributed by atoms with Gasteiger partial charge in [0.25, 0.3) is 0 Å². The third kappa shape index (κ3) is 10.8. The van der Waals surface area contributed by atoms with Crippen molar-refractivity contribution < 1.29 is 30.7 Å². The number of halogens is 4. The zero-order valence-electron chi connectivity index (χ0n) is 23.0. The Balaban J connectivity index is 1.76. The van der Waals surface area contributed by atoms with Gasteiger partial charge < -0.3 is 10.1 Å². The van der Waals surface area contributed by atoms with Crippen molar-refractivity contribution in [3.63, 3.8) is 0 Å². The molecule has 0 spiro atoms. The molecule has 0 aliphatic heterocycles. The quantitative estimate of drug-likeness (QED) is 0.129. The number of aromatic nitrogens is 3. The lowest BCUT2D eigenvalue weighted by atomic mass is 10.0. The number of anilines is 2. The first-order valence-corrected chi connectivity index (χ1v) is 15.2. The van der Waals surface area contributed by atoms with Crippen LogP contribution in [0.25, 0.3) is 11.3 Å². The Morgan fingerprint density at radius 1 is 0.976 bits per heavy atom. The van der Waals surface area contributed by atoms with Crippen LogP contribution in [0.1, 0.15) is 65.2 Å². The van der Waals surface area contributed by atoms with E-state index in [1.165, 1.54) is 12.3 Å². The van der Waals surface area contributed by atoms with Gasteiger partial charge in [-0.05, 0) is 43.2 Å². The van der Waals surface area contributed by atoms with Gasteiger partial charge in [0.05, 0.1) is 29.1 Å². The SMILES string of the molecule is CCCCCC(CCCC)Nc1nccc(-c2cccnc2Oc2ccc(NS(=O)(=O)CCC(F)(F)F)c(F)c2)n1. The number of rotatable bonds is 16. The van der Waals surface area contributed by atoms with E-state index in [-0.39, 0.29) is 17.7 Å². The summed E-state index contributed by atoms with van der Waals surface area (Å²) in [6, 6.07) is 8.66. The number of hydrogen-bond acceptors (Lipinski definition) is 7. The molecule has 2 N–H and O–H groups in total. The summed E-state index contributed by atoms with van der Waals surface area (Å²) in [5.74, 6) is -1.64. The second-order valence-electron chi connectivity index (χ2n) is 9.63. The van der Waals surface area contributed by atoms with Gasteiger partial charge in [-0.2, -0.15) is 13.2 Å². The molecule has 0 radical (unpaired) electrons. The number of nitrogens with one attached hydrogen (secondary N) is 2. The molecule has 3 rings (SSSR count). The molecule has 1 unspecified atom stereocenters. The van der Waals surface area contributed by atoms with E-state index in [1.807, 2.05) is 4.72 Å². The summed E-state index contributed by atoms with van der Waals surface area (Å²) in [4.78, 5) is 13.3. The monoisotopic (exact) mass is 597 g/mol. The van der Waals surface area contributed by atoms with Crippen molar-refractivity contribution in [1.29, 1.82) is 0 Å². The maximum Gasteiger partial charge on any atom is 0.390 e. The Kier molecular flexibility index (Phi) is 11.7. The average molecular weight is 598 g/mol. The van der Waals surface area contributed by atoms with Crippen LogP contribution in [0, 0.1) is 5.82 Å². The van der Waals surface area contributed by atoms with Crippen molar-refractivity contribution in [1.82, 2.24) is 15.0 Å². The van der Waals surface area contributed by atoms with Crippen LogP contribution in [-0.2, 0) is 10.0 Å². The van der Waals surface area contributed by atoms with Crippen LogP contribution in [-0.4, -0.2) is 41.3 Å². The van der Waals surface area contributed by atoms with E-state index in [0.717, 1.165) is 57.1 Å². The third-order valence-electron chi connectivity index (χ3n) is 6.17. The van der Waals surface area contributed by atoms with Gasteiger partial charge in [0, 0.05) is 24.5 Å². The fourth-order valence-electron chi connectivity index (χ4n) is 4.03. The number of ether oxygens (including phenoxy) is 1. The highest BCUT2D eigenvalue weighted by molar-refractivity contribution is 7.92. The number of sulfonamides is 1. The first-order chi connectivity index (χ1) is 19.5. The highest BCUT2D eigenvalue weighted by atomic mass is 32.2. The Labute approximate surface area is 238 Å². The summed E-state index contributed by atoms with van der Waals surface area (Å²) in [7, 11) is -4.41. The maximum atomic E-state index is 14.7. The molecule has 0 fully saturated rings. The molecule has 41 heavy (non-hydrogen) atoms. The van der Waals surface area contributed by atoms with Gasteiger partial charge in [-0.25, -0.2) is 27.8 Å². The summed E-state index contributed by atoms with van der Waals surface area (Å²) >= 11 is 0. The van der Waals surface area contributed by atoms with Crippen molar-refractivity contribution in [2.24, 2.45) is 0 Å². The standard InChI is InChI=1S/C28H35F4N5O3S/c1-3-5-7-10-20(9-6-4-2)35-27-34-17-14-24(36-27)22-11-8-16-33-26(22)40-21-12-13-25(23(29)19-21)37-41(38,39)18-15-28(30,31)32/h8,11-14,16-17,19-20,37H,3-7,9-10,15,18H2,1-2H3,(H,34,35,36). The molecule has 0 aliphatic rings. The molecule has 8 nitrogen and oxygen atoms in total. The van der Waals surface area contributed by atoms with E-state index in [2.05, 4.69) is 34.1 Å². The smallest absolute Gasteiger partial charge is 0.390 e. The van der Waals surface area contributed by atoms with Crippen LogP contribution in [0.3, 0.4) is 0 Å². The van der Waals surface area contributed by atoms with E-state index in [1.54, 1.807) is 24.4 Å². The van der Waals surface area contributed by atoms with E-state index >= 15 is 0 Å². The second-order valence-corrected chi connectivity index (χ2v) is 11.5. The van der Waals surface area contributed by atoms with Gasteiger partial charge in [-0.3, -0.25) is 4.72 Å². The topological polar surface area (TPSA) is 106 Å². The van der Waals surface area contributed by atoms with Crippen molar-refractivity contribution in [3.8, 4) is 22.9 Å². The van der Waals surface area contributed by atoms with Gasteiger partial charge >= 0.3 is 6.18 Å². The maximum absolute atomic E-state index is 14.7. The largest absolute Gasteiger partial charge is 0.438 e. The summed E-state index contributed by atoms with van der Waals surface area (Å²) in [5, 5.41) is 3.45. The number of alkyl halides is 3. The summed E-state index contributed by atoms with van der Waals surface area (Å²) < 4.78 is 83.4. The fraction of sp³-hybridized carbons (Fsp3) is 0.464. The Morgan fingerprint density at radius 2 is 1.73 bits per heavy atom. The highest BCUT2D eigenvalue weighted by Crippen LogP contribution is 2.32. The second kappa shape index (κ2) is 14.9. The average Bonchev–Trinajstić information content (AvgIpc) is 2.92. The molecular formula is C28H35F4N5O3S. The predicted molar refractivity (Wildman–Crippen MR) is 151 cm³/mol. The Morgan fingerprint density at radius 3 is 2.44 bits per heavy atom. The molecule has 1 atom stereocenters. The van der Waals surface area contributed by atoms with Crippen molar-refractivity contribution in [3.05, 3.63) is 54.6 Å². The number of benzene rings is 1. The molecule has 13 heteroatoms. The minimum atomic E-state index is -4.66. The van der Waals surface area contributed by atoms with Crippen molar-refractivity contribution in [2.75, 3.05) is 15.8 Å². The minimum absolute atomic E-state index is 0.00338. The number of unbranched alkanes of at least 4 members (excludes halogenated alkanes) is 3. The van der Waals surface area contributed by atoms with Crippen LogP contribution in [0.5, 0.6) is 11.6 Å². The van der Waals surface area contributed by atoms with Gasteiger partial charge in [0.2, 0.25) is 21.9 Å². The molecule has 3 aromatic rings. The number of nitrogens with zero attached hydrogens (tertiary/aromatic N) is 3. The van der Waals surface area contributed by atoms with Crippen LogP contribution in [0.15, 0.2) is 48.8 Å². The molecule has 0 aliphatic carbocycles.